The molecule has 4 rings (SSSR count). The maximum absolute atomic E-state index is 12.5. The second-order valence-electron chi connectivity index (χ2n) is 6.22. The minimum Gasteiger partial charge on any atom is -0.367 e. The van der Waals surface area contributed by atoms with E-state index in [2.05, 4.69) is 15.6 Å². The maximum atomic E-state index is 12.5. The van der Waals surface area contributed by atoms with Gasteiger partial charge in [0, 0.05) is 24.5 Å². The molecule has 3 heterocycles. The van der Waals surface area contributed by atoms with Gasteiger partial charge in [-0.1, -0.05) is 12.1 Å². The Balaban J connectivity index is 1.48. The van der Waals surface area contributed by atoms with Crippen molar-refractivity contribution in [2.75, 3.05) is 18.5 Å². The largest absolute Gasteiger partial charge is 0.417 e. The molecule has 2 saturated heterocycles. The Labute approximate surface area is 137 Å². The lowest BCUT2D eigenvalue weighted by molar-refractivity contribution is -0.137. The minimum atomic E-state index is -4.37. The molecule has 2 aliphatic heterocycles. The molecular formula is C17H16F3N3O. The number of hydrogen-bond acceptors (Lipinski definition) is 4. The third-order valence-electron chi connectivity index (χ3n) is 4.59. The third-order valence-corrected chi connectivity index (χ3v) is 4.59. The zero-order valence-corrected chi connectivity index (χ0v) is 12.7. The number of morpholine rings is 1. The Morgan fingerprint density at radius 2 is 1.96 bits per heavy atom. The van der Waals surface area contributed by atoms with Gasteiger partial charge in [0.25, 0.3) is 0 Å². The third kappa shape index (κ3) is 2.74. The molecule has 0 amide bonds. The molecule has 0 saturated carbocycles. The number of aromatic nitrogens is 1. The molecule has 0 radical (unpaired) electrons. The molecule has 2 N–H and O–H groups in total. The lowest BCUT2D eigenvalue weighted by Crippen LogP contribution is -2.37. The molecule has 0 unspecified atom stereocenters. The number of alkyl halides is 3. The van der Waals surface area contributed by atoms with E-state index in [1.165, 1.54) is 6.07 Å². The smallest absolute Gasteiger partial charge is 0.367 e. The number of pyridine rings is 1. The van der Waals surface area contributed by atoms with Crippen LogP contribution in [0.3, 0.4) is 0 Å². The van der Waals surface area contributed by atoms with Crippen molar-refractivity contribution in [2.24, 2.45) is 0 Å². The van der Waals surface area contributed by atoms with Crippen LogP contribution in [0.15, 0.2) is 42.6 Å². The molecule has 24 heavy (non-hydrogen) atoms. The van der Waals surface area contributed by atoms with E-state index >= 15 is 0 Å². The van der Waals surface area contributed by atoms with Gasteiger partial charge in [0.2, 0.25) is 0 Å². The molecule has 2 aliphatic rings. The summed E-state index contributed by atoms with van der Waals surface area (Å²) < 4.78 is 43.5. The van der Waals surface area contributed by atoms with Crippen molar-refractivity contribution < 1.29 is 17.9 Å². The quantitative estimate of drug-likeness (QED) is 0.902. The van der Waals surface area contributed by atoms with Crippen LogP contribution >= 0.6 is 0 Å². The molecule has 1 aromatic heterocycles. The van der Waals surface area contributed by atoms with E-state index in [4.69, 9.17) is 4.74 Å². The molecule has 2 fully saturated rings. The van der Waals surface area contributed by atoms with Crippen molar-refractivity contribution in [2.45, 2.75) is 24.2 Å². The molecule has 0 aliphatic carbocycles. The first-order valence-electron chi connectivity index (χ1n) is 7.73. The predicted molar refractivity (Wildman–Crippen MR) is 83.0 cm³/mol. The van der Waals surface area contributed by atoms with Gasteiger partial charge in [0.1, 0.15) is 11.4 Å². The summed E-state index contributed by atoms with van der Waals surface area (Å²) >= 11 is 0. The summed E-state index contributed by atoms with van der Waals surface area (Å²) in [5.41, 5.74) is 0.878. The average molecular weight is 335 g/mol. The SMILES string of the molecule is FC(F)(F)c1ccc(Nc2ccc([C@]34CN[C@H](CO3)C4)cc2)nc1. The lowest BCUT2D eigenvalue weighted by Gasteiger charge is -2.27. The summed E-state index contributed by atoms with van der Waals surface area (Å²) in [4.78, 5) is 3.81. The Morgan fingerprint density at radius 1 is 1.17 bits per heavy atom. The number of rotatable bonds is 3. The molecule has 0 spiro atoms. The van der Waals surface area contributed by atoms with E-state index in [1.54, 1.807) is 0 Å². The van der Waals surface area contributed by atoms with Gasteiger partial charge in [-0.3, -0.25) is 0 Å². The molecule has 1 aromatic carbocycles. The van der Waals surface area contributed by atoms with E-state index in [1.807, 2.05) is 24.3 Å². The lowest BCUT2D eigenvalue weighted by atomic mass is 9.93. The van der Waals surface area contributed by atoms with Crippen molar-refractivity contribution in [3.05, 3.63) is 53.7 Å². The van der Waals surface area contributed by atoms with Crippen molar-refractivity contribution in [1.29, 1.82) is 0 Å². The fourth-order valence-corrected chi connectivity index (χ4v) is 3.28. The Kier molecular flexibility index (Phi) is 3.51. The van der Waals surface area contributed by atoms with Crippen LogP contribution in [-0.4, -0.2) is 24.2 Å². The number of benzene rings is 1. The summed E-state index contributed by atoms with van der Waals surface area (Å²) in [6.45, 7) is 1.54. The Bertz CT molecular complexity index is 720. The number of ether oxygens (including phenoxy) is 1. The molecule has 2 bridgehead atoms. The number of nitrogens with one attached hydrogen (secondary N) is 2. The summed E-state index contributed by atoms with van der Waals surface area (Å²) in [6, 6.07) is 10.5. The molecule has 2 atom stereocenters. The summed E-state index contributed by atoms with van der Waals surface area (Å²) in [7, 11) is 0. The van der Waals surface area contributed by atoms with Gasteiger partial charge < -0.3 is 15.4 Å². The van der Waals surface area contributed by atoms with E-state index in [9.17, 15) is 13.2 Å². The molecular weight excluding hydrogens is 319 g/mol. The highest BCUT2D eigenvalue weighted by Gasteiger charge is 2.47. The second kappa shape index (κ2) is 5.46. The van der Waals surface area contributed by atoms with Gasteiger partial charge in [0.15, 0.2) is 0 Å². The number of fused-ring (bicyclic) bond motifs is 2. The first-order valence-corrected chi connectivity index (χ1v) is 7.73. The van der Waals surface area contributed by atoms with Gasteiger partial charge in [-0.05, 0) is 36.2 Å². The van der Waals surface area contributed by atoms with Gasteiger partial charge >= 0.3 is 6.18 Å². The molecule has 126 valence electrons. The molecule has 2 aromatic rings. The normalized spacial score (nSPS) is 25.9. The Morgan fingerprint density at radius 3 is 2.46 bits per heavy atom. The summed E-state index contributed by atoms with van der Waals surface area (Å²) in [5.74, 6) is 0.369. The summed E-state index contributed by atoms with van der Waals surface area (Å²) in [6.07, 6.45) is -2.58. The van der Waals surface area contributed by atoms with Gasteiger partial charge in [-0.25, -0.2) is 4.98 Å². The topological polar surface area (TPSA) is 46.2 Å². The van der Waals surface area contributed by atoms with Crippen LogP contribution in [0.25, 0.3) is 0 Å². The Hall–Kier alpha value is -2.12. The van der Waals surface area contributed by atoms with Gasteiger partial charge in [-0.2, -0.15) is 13.2 Å². The van der Waals surface area contributed by atoms with Gasteiger partial charge in [0.05, 0.1) is 12.2 Å². The number of halogens is 3. The fraction of sp³-hybridized carbons (Fsp3) is 0.353. The van der Waals surface area contributed by atoms with E-state index in [0.717, 1.165) is 43.1 Å². The van der Waals surface area contributed by atoms with Crippen LogP contribution in [0, 0.1) is 0 Å². The first kappa shape index (κ1) is 15.4. The highest BCUT2D eigenvalue weighted by Crippen LogP contribution is 2.40. The first-order chi connectivity index (χ1) is 11.4. The molecule has 7 heteroatoms. The van der Waals surface area contributed by atoms with Crippen LogP contribution in [0.1, 0.15) is 17.5 Å². The summed E-state index contributed by atoms with van der Waals surface area (Å²) in [5, 5.41) is 6.43. The number of anilines is 2. The van der Waals surface area contributed by atoms with E-state index in [-0.39, 0.29) is 5.60 Å². The van der Waals surface area contributed by atoms with Crippen molar-refractivity contribution in [3.8, 4) is 0 Å². The average Bonchev–Trinajstić information content (AvgIpc) is 3.17. The van der Waals surface area contributed by atoms with Crippen LogP contribution < -0.4 is 10.6 Å². The standard InChI is InChI=1S/C17H16F3N3O/c18-17(19,20)12-3-6-15(21-8-12)23-13-4-1-11(2-5-13)16-7-14(9-24-16)22-10-16/h1-6,8,14,22H,7,9-10H2,(H,21,23)/t14-,16-/m0/s1. The van der Waals surface area contributed by atoms with Crippen molar-refractivity contribution in [1.82, 2.24) is 10.3 Å². The van der Waals surface area contributed by atoms with E-state index < -0.39 is 11.7 Å². The number of hydrogen-bond donors (Lipinski definition) is 2. The highest BCUT2D eigenvalue weighted by molar-refractivity contribution is 5.57. The zero-order valence-electron chi connectivity index (χ0n) is 12.7. The van der Waals surface area contributed by atoms with Crippen LogP contribution in [0.2, 0.25) is 0 Å². The predicted octanol–water partition coefficient (Wildman–Crippen LogP) is 3.43. The van der Waals surface area contributed by atoms with Crippen LogP contribution in [0.5, 0.6) is 0 Å². The number of nitrogens with zero attached hydrogens (tertiary/aromatic N) is 1. The minimum absolute atomic E-state index is 0.240. The van der Waals surface area contributed by atoms with E-state index in [0.29, 0.717) is 11.9 Å². The fourth-order valence-electron chi connectivity index (χ4n) is 3.28. The monoisotopic (exact) mass is 335 g/mol. The highest BCUT2D eigenvalue weighted by atomic mass is 19.4. The maximum Gasteiger partial charge on any atom is 0.417 e. The molecule has 4 nitrogen and oxygen atoms in total. The zero-order chi connectivity index (χ0) is 16.8. The van der Waals surface area contributed by atoms with Gasteiger partial charge in [-0.15, -0.1) is 0 Å². The van der Waals surface area contributed by atoms with Crippen molar-refractivity contribution >= 4 is 11.5 Å². The van der Waals surface area contributed by atoms with Crippen LogP contribution in [-0.2, 0) is 16.5 Å². The van der Waals surface area contributed by atoms with Crippen LogP contribution in [0.4, 0.5) is 24.7 Å². The van der Waals surface area contributed by atoms with Crippen molar-refractivity contribution in [3.63, 3.8) is 0 Å². The second-order valence-corrected chi connectivity index (χ2v) is 6.22.